The van der Waals surface area contributed by atoms with Gasteiger partial charge >= 0.3 is 0 Å². The van der Waals surface area contributed by atoms with Gasteiger partial charge < -0.3 is 5.32 Å². The van der Waals surface area contributed by atoms with Crippen LogP contribution in [0.5, 0.6) is 0 Å². The Morgan fingerprint density at radius 3 is 2.70 bits per heavy atom. The first kappa shape index (κ1) is 14.1. The molecule has 3 rings (SSSR count). The van der Waals surface area contributed by atoms with Gasteiger partial charge in [-0.2, -0.15) is 0 Å². The summed E-state index contributed by atoms with van der Waals surface area (Å²) < 4.78 is 23.4. The number of hydrogen-bond acceptors (Lipinski definition) is 3. The molecule has 2 atom stereocenters. The fourth-order valence-electron chi connectivity index (χ4n) is 3.59. The van der Waals surface area contributed by atoms with Crippen LogP contribution in [0.1, 0.15) is 49.4 Å². The van der Waals surface area contributed by atoms with Crippen molar-refractivity contribution >= 4 is 9.84 Å². The lowest BCUT2D eigenvalue weighted by Gasteiger charge is -2.29. The molecule has 1 aliphatic heterocycles. The van der Waals surface area contributed by atoms with Gasteiger partial charge in [-0.05, 0) is 56.2 Å². The van der Waals surface area contributed by atoms with E-state index in [0.717, 1.165) is 0 Å². The molecule has 1 aromatic rings. The Balaban J connectivity index is 1.75. The van der Waals surface area contributed by atoms with Crippen LogP contribution in [0, 0.1) is 0 Å². The predicted molar refractivity (Wildman–Crippen MR) is 81.7 cm³/mol. The largest absolute Gasteiger partial charge is 0.304 e. The maximum atomic E-state index is 11.7. The lowest BCUT2D eigenvalue weighted by molar-refractivity contribution is 0.355. The molecule has 2 unspecified atom stereocenters. The molecule has 1 saturated heterocycles. The highest BCUT2D eigenvalue weighted by Crippen LogP contribution is 2.29. The van der Waals surface area contributed by atoms with Crippen molar-refractivity contribution in [2.45, 2.75) is 51.1 Å². The molecule has 1 N–H and O–H groups in total. The van der Waals surface area contributed by atoms with Gasteiger partial charge in [0.05, 0.1) is 11.5 Å². The minimum Gasteiger partial charge on any atom is -0.304 e. The maximum Gasteiger partial charge on any atom is 0.152 e. The van der Waals surface area contributed by atoms with Crippen LogP contribution in [0.3, 0.4) is 0 Å². The van der Waals surface area contributed by atoms with E-state index in [1.54, 1.807) is 0 Å². The van der Waals surface area contributed by atoms with Crippen molar-refractivity contribution in [3.63, 3.8) is 0 Å². The Labute approximate surface area is 121 Å². The third kappa shape index (κ3) is 2.77. The van der Waals surface area contributed by atoms with E-state index in [1.165, 1.54) is 36.0 Å². The van der Waals surface area contributed by atoms with E-state index in [1.807, 2.05) is 6.92 Å². The molecule has 0 spiro atoms. The molecule has 110 valence electrons. The van der Waals surface area contributed by atoms with Crippen molar-refractivity contribution in [2.75, 3.05) is 11.5 Å². The second-order valence-electron chi connectivity index (χ2n) is 6.65. The van der Waals surface area contributed by atoms with Crippen LogP contribution >= 0.6 is 0 Å². The first-order valence-corrected chi connectivity index (χ1v) is 9.29. The highest BCUT2D eigenvalue weighted by molar-refractivity contribution is 7.91. The van der Waals surface area contributed by atoms with Gasteiger partial charge in [0.25, 0.3) is 0 Å². The Hall–Kier alpha value is -0.870. The average Bonchev–Trinajstić information content (AvgIpc) is 2.92. The maximum absolute atomic E-state index is 11.7. The number of aryl methyl sites for hydroxylation is 2. The topological polar surface area (TPSA) is 46.2 Å². The molecule has 0 amide bonds. The van der Waals surface area contributed by atoms with E-state index in [9.17, 15) is 8.42 Å². The highest BCUT2D eigenvalue weighted by Gasteiger charge is 2.39. The Morgan fingerprint density at radius 2 is 2.00 bits per heavy atom. The number of sulfone groups is 1. The number of nitrogens with one attached hydrogen (secondary N) is 1. The third-order valence-corrected chi connectivity index (χ3v) is 6.59. The third-order valence-electron chi connectivity index (χ3n) is 4.69. The summed E-state index contributed by atoms with van der Waals surface area (Å²) in [7, 11) is -2.85. The van der Waals surface area contributed by atoms with Gasteiger partial charge in [-0.1, -0.05) is 18.2 Å². The zero-order valence-corrected chi connectivity index (χ0v) is 13.1. The zero-order chi connectivity index (χ0) is 14.4. The van der Waals surface area contributed by atoms with Crippen molar-refractivity contribution in [1.29, 1.82) is 0 Å². The summed E-state index contributed by atoms with van der Waals surface area (Å²) in [5.74, 6) is 0.572. The highest BCUT2D eigenvalue weighted by atomic mass is 32.2. The van der Waals surface area contributed by atoms with Gasteiger partial charge in [0.2, 0.25) is 0 Å². The molecule has 0 bridgehead atoms. The van der Waals surface area contributed by atoms with Crippen molar-refractivity contribution < 1.29 is 8.42 Å². The Morgan fingerprint density at radius 1 is 1.25 bits per heavy atom. The molecular formula is C16H23NO2S. The van der Waals surface area contributed by atoms with E-state index in [4.69, 9.17) is 0 Å². The number of benzene rings is 1. The van der Waals surface area contributed by atoms with Crippen molar-refractivity contribution in [1.82, 2.24) is 5.32 Å². The van der Waals surface area contributed by atoms with E-state index in [-0.39, 0.29) is 17.3 Å². The second-order valence-corrected chi connectivity index (χ2v) is 8.83. The summed E-state index contributed by atoms with van der Waals surface area (Å²) in [6, 6.07) is 6.92. The number of fused-ring (bicyclic) bond motifs is 1. The smallest absolute Gasteiger partial charge is 0.152 e. The average molecular weight is 293 g/mol. The minimum atomic E-state index is -2.85. The van der Waals surface area contributed by atoms with Gasteiger partial charge in [0, 0.05) is 11.6 Å². The van der Waals surface area contributed by atoms with E-state index in [0.29, 0.717) is 12.2 Å². The molecule has 2 aliphatic rings. The molecule has 20 heavy (non-hydrogen) atoms. The van der Waals surface area contributed by atoms with Gasteiger partial charge in [-0.25, -0.2) is 8.42 Å². The molecule has 1 aliphatic carbocycles. The van der Waals surface area contributed by atoms with Crippen LogP contribution < -0.4 is 5.32 Å². The molecule has 3 nitrogen and oxygen atoms in total. The fourth-order valence-corrected chi connectivity index (χ4v) is 5.70. The van der Waals surface area contributed by atoms with Crippen LogP contribution in [0.25, 0.3) is 0 Å². The normalized spacial score (nSPS) is 29.3. The second kappa shape index (κ2) is 4.85. The van der Waals surface area contributed by atoms with Crippen LogP contribution in [0.15, 0.2) is 18.2 Å². The summed E-state index contributed by atoms with van der Waals surface area (Å²) in [6.07, 6.45) is 4.36. The summed E-state index contributed by atoms with van der Waals surface area (Å²) in [6.45, 7) is 4.16. The fraction of sp³-hybridized carbons (Fsp3) is 0.625. The molecule has 0 saturated carbocycles. The summed E-state index contributed by atoms with van der Waals surface area (Å²) in [4.78, 5) is 0. The van der Waals surface area contributed by atoms with Gasteiger partial charge in [0.1, 0.15) is 0 Å². The first-order valence-electron chi connectivity index (χ1n) is 7.47. The molecule has 1 heterocycles. The monoisotopic (exact) mass is 293 g/mol. The van der Waals surface area contributed by atoms with Crippen molar-refractivity contribution in [3.05, 3.63) is 34.9 Å². The van der Waals surface area contributed by atoms with Gasteiger partial charge in [0.15, 0.2) is 9.84 Å². The number of rotatable bonds is 3. The van der Waals surface area contributed by atoms with Crippen LogP contribution in [0.4, 0.5) is 0 Å². The molecule has 0 radical (unpaired) electrons. The molecule has 1 aromatic carbocycles. The Kier molecular flexibility index (Phi) is 3.41. The van der Waals surface area contributed by atoms with E-state index in [2.05, 4.69) is 30.4 Å². The van der Waals surface area contributed by atoms with Crippen LogP contribution in [-0.4, -0.2) is 25.5 Å². The van der Waals surface area contributed by atoms with Gasteiger partial charge in [-0.15, -0.1) is 0 Å². The van der Waals surface area contributed by atoms with E-state index < -0.39 is 9.84 Å². The summed E-state index contributed by atoms with van der Waals surface area (Å²) in [5.41, 5.74) is 3.95. The Bertz CT molecular complexity index is 623. The lowest BCUT2D eigenvalue weighted by Crippen LogP contribution is -2.44. The van der Waals surface area contributed by atoms with E-state index >= 15 is 0 Å². The molecule has 0 aromatic heterocycles. The SMILES string of the molecule is CC(NC1(C)CCS(=O)(=O)C1)c1ccc2c(c1)CCC2. The van der Waals surface area contributed by atoms with Crippen LogP contribution in [-0.2, 0) is 22.7 Å². The lowest BCUT2D eigenvalue weighted by atomic mass is 9.97. The summed E-state index contributed by atoms with van der Waals surface area (Å²) >= 11 is 0. The van der Waals surface area contributed by atoms with Crippen molar-refractivity contribution in [3.8, 4) is 0 Å². The summed E-state index contributed by atoms with van der Waals surface area (Å²) in [5, 5.41) is 3.54. The molecular weight excluding hydrogens is 270 g/mol. The van der Waals surface area contributed by atoms with Crippen molar-refractivity contribution in [2.24, 2.45) is 0 Å². The quantitative estimate of drug-likeness (QED) is 0.931. The first-order chi connectivity index (χ1) is 9.37. The zero-order valence-electron chi connectivity index (χ0n) is 12.3. The molecule has 1 fully saturated rings. The van der Waals surface area contributed by atoms with Gasteiger partial charge in [-0.3, -0.25) is 0 Å². The minimum absolute atomic E-state index is 0.194. The predicted octanol–water partition coefficient (Wildman–Crippen LogP) is 2.40. The van der Waals surface area contributed by atoms with Crippen LogP contribution in [0.2, 0.25) is 0 Å². The molecule has 4 heteroatoms. The standard InChI is InChI=1S/C16H23NO2S/c1-12(17-16(2)8-9-20(18,19)11-16)14-7-6-13-4-3-5-15(13)10-14/h6-7,10,12,17H,3-5,8-9,11H2,1-2H3. The number of hydrogen-bond donors (Lipinski definition) is 1.